The van der Waals surface area contributed by atoms with Crippen LogP contribution >= 0.6 is 11.6 Å². The number of carbonyl (C=O) groups excluding carboxylic acids is 3. The van der Waals surface area contributed by atoms with Gasteiger partial charge in [0.25, 0.3) is 5.91 Å². The minimum Gasteiger partial charge on any atom is -0.432 e. The Morgan fingerprint density at radius 3 is 2.44 bits per heavy atom. The first kappa shape index (κ1) is 37.5. The second-order valence-corrected chi connectivity index (χ2v) is 19.3. The van der Waals surface area contributed by atoms with Gasteiger partial charge in [-0.25, -0.2) is 0 Å². The van der Waals surface area contributed by atoms with E-state index in [1.807, 2.05) is 111 Å². The largest absolute Gasteiger partial charge is 0.432 e. The molecule has 4 aromatic carbocycles. The third-order valence-electron chi connectivity index (χ3n) is 10.9. The van der Waals surface area contributed by atoms with Gasteiger partial charge in [-0.15, -0.1) is 0 Å². The lowest BCUT2D eigenvalue weighted by Crippen LogP contribution is -2.46. The van der Waals surface area contributed by atoms with Crippen molar-refractivity contribution in [3.8, 4) is 0 Å². The number of carbonyl (C=O) groups is 3. The minimum atomic E-state index is -3.04. The zero-order chi connectivity index (χ0) is 38.2. The Labute approximate surface area is 320 Å². The van der Waals surface area contributed by atoms with Crippen molar-refractivity contribution in [2.24, 2.45) is 5.92 Å². The van der Waals surface area contributed by atoms with Crippen molar-refractivity contribution in [1.82, 2.24) is 9.88 Å². The molecule has 280 valence electrons. The summed E-state index contributed by atoms with van der Waals surface area (Å²) in [5.41, 5.74) is 3.63. The van der Waals surface area contributed by atoms with E-state index in [-0.39, 0.29) is 50.3 Å². The molecule has 5 aromatic rings. The molecule has 1 saturated heterocycles. The first-order chi connectivity index (χ1) is 25.9. The van der Waals surface area contributed by atoms with Crippen molar-refractivity contribution in [1.29, 1.82) is 0 Å². The normalized spacial score (nSPS) is 20.8. The molecular weight excluding hydrogens is 720 g/mol. The number of hydrogen-bond donors (Lipinski definition) is 4. The van der Waals surface area contributed by atoms with Gasteiger partial charge in [0.15, 0.2) is 13.9 Å². The van der Waals surface area contributed by atoms with Crippen LogP contribution in [0.3, 0.4) is 0 Å². The van der Waals surface area contributed by atoms with Crippen LogP contribution in [0, 0.1) is 5.92 Å². The topological polar surface area (TPSA) is 135 Å². The van der Waals surface area contributed by atoms with Crippen molar-refractivity contribution in [3.05, 3.63) is 131 Å². The lowest BCUT2D eigenvalue weighted by molar-refractivity contribution is -0.150. The third kappa shape index (κ3) is 7.22. The van der Waals surface area contributed by atoms with Gasteiger partial charge in [0, 0.05) is 57.9 Å². The number of para-hydroxylation sites is 1. The number of aromatic nitrogens is 1. The summed E-state index contributed by atoms with van der Waals surface area (Å²) in [6, 6.07) is 30.1. The van der Waals surface area contributed by atoms with E-state index >= 15 is 0 Å². The molecular formula is C42H45ClN4O6Si. The standard InChI is InChI=1S/C42H45ClN4O6Si/c1-27-40(54(2,3)52)37(23-39(50)46(19-20-48)25-28-9-5-4-6-10-28)53-42(27)34-22-31(43)15-18-36(34)47(41(42)51)26-29-13-16-32(17-14-29)45-38(49)21-30-24-44-35-12-8-7-11-33(30)35/h4-18,22,24,27,37,40,44,48,52H,19-21,23,25-26H2,1-3H3,(H,45,49)/t27-,37+,40-,42+/m0/s1. The average Bonchev–Trinajstić information content (AvgIpc) is 3.75. The molecule has 1 fully saturated rings. The second-order valence-electron chi connectivity index (χ2n) is 14.9. The van der Waals surface area contributed by atoms with Crippen LogP contribution in [0.4, 0.5) is 11.4 Å². The van der Waals surface area contributed by atoms with Gasteiger partial charge in [-0.3, -0.25) is 14.4 Å². The molecule has 1 spiro atoms. The molecule has 0 aliphatic carbocycles. The molecule has 4 atom stereocenters. The van der Waals surface area contributed by atoms with Crippen molar-refractivity contribution in [3.63, 3.8) is 0 Å². The lowest BCUT2D eigenvalue weighted by atomic mass is 9.82. The molecule has 0 unspecified atom stereocenters. The second kappa shape index (κ2) is 15.2. The summed E-state index contributed by atoms with van der Waals surface area (Å²) in [6.45, 7) is 6.05. The van der Waals surface area contributed by atoms with Gasteiger partial charge in [0.1, 0.15) is 0 Å². The number of hydrogen-bond acceptors (Lipinski definition) is 6. The monoisotopic (exact) mass is 764 g/mol. The predicted octanol–water partition coefficient (Wildman–Crippen LogP) is 6.76. The SMILES string of the molecule is C[C@H]1[C@H]([Si](C)(C)O)[C@@H](CC(=O)N(CCO)Cc2ccccc2)O[C@]12C(=O)N(Cc1ccc(NC(=O)Cc3c[nH]c4ccccc34)cc1)c1ccc(Cl)cc12. The molecule has 2 aliphatic heterocycles. The molecule has 10 nitrogen and oxygen atoms in total. The fourth-order valence-electron chi connectivity index (χ4n) is 8.46. The summed E-state index contributed by atoms with van der Waals surface area (Å²) >= 11 is 6.57. The van der Waals surface area contributed by atoms with E-state index in [0.717, 1.165) is 27.6 Å². The zero-order valence-corrected chi connectivity index (χ0v) is 32.3. The number of rotatable bonds is 12. The third-order valence-corrected chi connectivity index (χ3v) is 13.6. The van der Waals surface area contributed by atoms with Crippen LogP contribution in [0.1, 0.15) is 35.6 Å². The smallest absolute Gasteiger partial charge is 0.264 e. The van der Waals surface area contributed by atoms with Gasteiger partial charge in [-0.1, -0.05) is 79.2 Å². The summed E-state index contributed by atoms with van der Waals surface area (Å²) in [4.78, 5) is 59.9. The number of aliphatic hydroxyl groups is 1. The molecule has 0 bridgehead atoms. The van der Waals surface area contributed by atoms with Crippen LogP contribution < -0.4 is 10.2 Å². The summed E-state index contributed by atoms with van der Waals surface area (Å²) < 4.78 is 6.87. The minimum absolute atomic E-state index is 0.0583. The Hall–Kier alpha value is -4.78. The van der Waals surface area contributed by atoms with Gasteiger partial charge in [-0.2, -0.15) is 0 Å². The maximum atomic E-state index is 14.9. The number of nitrogens with zero attached hydrogens (tertiary/aromatic N) is 2. The number of aromatic amines is 1. The Kier molecular flexibility index (Phi) is 10.5. The molecule has 3 heterocycles. The fourth-order valence-corrected chi connectivity index (χ4v) is 11.2. The van der Waals surface area contributed by atoms with E-state index in [4.69, 9.17) is 16.3 Å². The van der Waals surface area contributed by atoms with Crippen LogP contribution in [0.15, 0.2) is 103 Å². The van der Waals surface area contributed by atoms with E-state index in [0.29, 0.717) is 28.5 Å². The maximum absolute atomic E-state index is 14.9. The number of nitrogens with one attached hydrogen (secondary N) is 2. The molecule has 0 radical (unpaired) electrons. The van der Waals surface area contributed by atoms with Crippen molar-refractivity contribution in [2.45, 2.75) is 63.2 Å². The summed E-state index contributed by atoms with van der Waals surface area (Å²) in [7, 11) is -3.04. The number of H-pyrrole nitrogens is 1. The summed E-state index contributed by atoms with van der Waals surface area (Å²) in [5.74, 6) is -1.13. The number of halogens is 1. The van der Waals surface area contributed by atoms with Crippen molar-refractivity contribution in [2.75, 3.05) is 23.4 Å². The number of benzene rings is 4. The molecule has 12 heteroatoms. The van der Waals surface area contributed by atoms with Gasteiger partial charge in [0.2, 0.25) is 11.8 Å². The first-order valence-corrected chi connectivity index (χ1v) is 21.7. The van der Waals surface area contributed by atoms with E-state index < -0.39 is 31.5 Å². The van der Waals surface area contributed by atoms with Gasteiger partial charge in [0.05, 0.1) is 37.8 Å². The number of ether oxygens (including phenoxy) is 1. The molecule has 2 aliphatic rings. The van der Waals surface area contributed by atoms with Crippen LogP contribution in [0.5, 0.6) is 0 Å². The van der Waals surface area contributed by atoms with Crippen molar-refractivity contribution < 1.29 is 29.0 Å². The summed E-state index contributed by atoms with van der Waals surface area (Å²) in [5, 5.41) is 14.3. The Balaban J connectivity index is 1.11. The zero-order valence-electron chi connectivity index (χ0n) is 30.6. The first-order valence-electron chi connectivity index (χ1n) is 18.3. The van der Waals surface area contributed by atoms with Crippen LogP contribution in [0.25, 0.3) is 10.9 Å². The van der Waals surface area contributed by atoms with Crippen LogP contribution in [-0.4, -0.2) is 65.1 Å². The number of amides is 3. The highest BCUT2D eigenvalue weighted by atomic mass is 35.5. The van der Waals surface area contributed by atoms with Gasteiger partial charge >= 0.3 is 0 Å². The molecule has 3 amide bonds. The van der Waals surface area contributed by atoms with E-state index in [9.17, 15) is 24.3 Å². The molecule has 54 heavy (non-hydrogen) atoms. The Morgan fingerprint density at radius 2 is 1.72 bits per heavy atom. The molecule has 1 aromatic heterocycles. The highest BCUT2D eigenvalue weighted by Crippen LogP contribution is 2.60. The predicted molar refractivity (Wildman–Crippen MR) is 212 cm³/mol. The van der Waals surface area contributed by atoms with Crippen molar-refractivity contribution >= 4 is 59.9 Å². The quantitative estimate of drug-likeness (QED) is 0.104. The van der Waals surface area contributed by atoms with E-state index in [2.05, 4.69) is 10.3 Å². The van der Waals surface area contributed by atoms with Crippen LogP contribution in [0.2, 0.25) is 23.7 Å². The Morgan fingerprint density at radius 1 is 1.00 bits per heavy atom. The lowest BCUT2D eigenvalue weighted by Gasteiger charge is -2.32. The maximum Gasteiger partial charge on any atom is 0.264 e. The van der Waals surface area contributed by atoms with E-state index in [1.165, 1.54) is 0 Å². The molecule has 0 saturated carbocycles. The van der Waals surface area contributed by atoms with Crippen LogP contribution in [-0.2, 0) is 44.2 Å². The molecule has 7 rings (SSSR count). The summed E-state index contributed by atoms with van der Waals surface area (Å²) in [6.07, 6.45) is 1.27. The van der Waals surface area contributed by atoms with Gasteiger partial charge < -0.3 is 34.7 Å². The molecule has 4 N–H and O–H groups in total. The number of aliphatic hydroxyl groups excluding tert-OH is 1. The fraction of sp³-hybridized carbons (Fsp3) is 0.310. The average molecular weight is 765 g/mol. The van der Waals surface area contributed by atoms with E-state index in [1.54, 1.807) is 21.9 Å². The highest BCUT2D eigenvalue weighted by Gasteiger charge is 2.66. The number of anilines is 2. The Bertz CT molecular complexity index is 2170. The number of fused-ring (bicyclic) bond motifs is 3. The highest BCUT2D eigenvalue weighted by molar-refractivity contribution is 6.71. The van der Waals surface area contributed by atoms with Gasteiger partial charge in [-0.05, 0) is 66.2 Å².